The Kier molecular flexibility index (Phi) is 6.17. The van der Waals surface area contributed by atoms with Gasteiger partial charge in [0.05, 0.1) is 13.2 Å². The second-order valence-corrected chi connectivity index (χ2v) is 5.16. The Balaban J connectivity index is 2.00. The van der Waals surface area contributed by atoms with E-state index in [1.165, 1.54) is 18.1 Å². The Morgan fingerprint density at radius 3 is 2.61 bits per heavy atom. The van der Waals surface area contributed by atoms with E-state index in [0.717, 1.165) is 5.56 Å². The normalized spacial score (nSPS) is 20.7. The summed E-state index contributed by atoms with van der Waals surface area (Å²) in [5.41, 5.74) is 0.913. The number of methoxy groups -OCH3 is 2. The largest absolute Gasteiger partial charge is 0.466 e. The van der Waals surface area contributed by atoms with Gasteiger partial charge in [0.1, 0.15) is 12.8 Å². The van der Waals surface area contributed by atoms with Crippen LogP contribution in [0.3, 0.4) is 0 Å². The number of likely N-dealkylation sites (tertiary alicyclic amines) is 1. The van der Waals surface area contributed by atoms with E-state index in [0.29, 0.717) is 12.8 Å². The third-order valence-corrected chi connectivity index (χ3v) is 3.72. The van der Waals surface area contributed by atoms with Gasteiger partial charge in [-0.3, -0.25) is 4.90 Å². The molecule has 2 atom stereocenters. The summed E-state index contributed by atoms with van der Waals surface area (Å²) in [6.45, 7) is 0.194. The van der Waals surface area contributed by atoms with Crippen LogP contribution in [0, 0.1) is 0 Å². The molecular formula is C17H21NO5. The van der Waals surface area contributed by atoms with Gasteiger partial charge in [0.2, 0.25) is 0 Å². The molecule has 0 aromatic heterocycles. The topological polar surface area (TPSA) is 65.1 Å². The highest BCUT2D eigenvalue weighted by Crippen LogP contribution is 2.26. The van der Waals surface area contributed by atoms with Gasteiger partial charge in [-0.25, -0.2) is 9.59 Å². The standard InChI is InChI=1S/C17H21NO5/c1-21-15-10-8-14(9-11-16(19)22-2)18(15)17(20)23-12-13-6-4-3-5-7-13/h3-7,9,11,14-15H,8,10,12H2,1-2H3/b11-9+/t14-,15?/m0/s1. The predicted octanol–water partition coefficient (Wildman–Crippen LogP) is 2.49. The maximum atomic E-state index is 12.4. The number of hydrogen-bond donors (Lipinski definition) is 0. The SMILES string of the molecule is COC(=O)/C=C/[C@@H]1CCC(OC)N1C(=O)OCc1ccccc1. The maximum Gasteiger partial charge on any atom is 0.412 e. The second-order valence-electron chi connectivity index (χ2n) is 5.16. The van der Waals surface area contributed by atoms with E-state index in [1.54, 1.807) is 13.2 Å². The van der Waals surface area contributed by atoms with Crippen molar-refractivity contribution in [2.45, 2.75) is 31.7 Å². The number of esters is 1. The number of ether oxygens (including phenoxy) is 3. The van der Waals surface area contributed by atoms with E-state index < -0.39 is 12.1 Å². The number of hydrogen-bond acceptors (Lipinski definition) is 5. The molecule has 2 rings (SSSR count). The molecule has 1 aromatic rings. The van der Waals surface area contributed by atoms with Crippen LogP contribution in [0.1, 0.15) is 18.4 Å². The van der Waals surface area contributed by atoms with Gasteiger partial charge in [-0.2, -0.15) is 0 Å². The number of nitrogens with zero attached hydrogens (tertiary/aromatic N) is 1. The molecule has 1 heterocycles. The van der Waals surface area contributed by atoms with Crippen molar-refractivity contribution in [3.8, 4) is 0 Å². The quantitative estimate of drug-likeness (QED) is 0.616. The Labute approximate surface area is 135 Å². The highest BCUT2D eigenvalue weighted by atomic mass is 16.6. The molecule has 23 heavy (non-hydrogen) atoms. The van der Waals surface area contributed by atoms with E-state index in [-0.39, 0.29) is 18.9 Å². The molecule has 124 valence electrons. The van der Waals surface area contributed by atoms with Gasteiger partial charge >= 0.3 is 12.1 Å². The average molecular weight is 319 g/mol. The maximum absolute atomic E-state index is 12.4. The molecule has 6 nitrogen and oxygen atoms in total. The zero-order valence-electron chi connectivity index (χ0n) is 13.3. The summed E-state index contributed by atoms with van der Waals surface area (Å²) < 4.78 is 15.3. The van der Waals surface area contributed by atoms with E-state index in [1.807, 2.05) is 30.3 Å². The van der Waals surface area contributed by atoms with Crippen LogP contribution in [-0.4, -0.2) is 43.5 Å². The van der Waals surface area contributed by atoms with Crippen LogP contribution in [-0.2, 0) is 25.6 Å². The van der Waals surface area contributed by atoms with Gasteiger partial charge in [-0.05, 0) is 18.4 Å². The summed E-state index contributed by atoms with van der Waals surface area (Å²) in [5, 5.41) is 0. The number of carbonyl (C=O) groups is 2. The molecule has 1 aromatic carbocycles. The van der Waals surface area contributed by atoms with Crippen molar-refractivity contribution >= 4 is 12.1 Å². The van der Waals surface area contributed by atoms with Crippen LogP contribution in [0.2, 0.25) is 0 Å². The Morgan fingerprint density at radius 2 is 1.96 bits per heavy atom. The monoisotopic (exact) mass is 319 g/mol. The fourth-order valence-corrected chi connectivity index (χ4v) is 2.53. The highest BCUT2D eigenvalue weighted by molar-refractivity contribution is 5.82. The lowest BCUT2D eigenvalue weighted by atomic mass is 10.2. The van der Waals surface area contributed by atoms with Crippen molar-refractivity contribution in [2.24, 2.45) is 0 Å². The molecule has 0 saturated carbocycles. The minimum atomic E-state index is -0.460. The summed E-state index contributed by atoms with van der Waals surface area (Å²) in [4.78, 5) is 25.1. The van der Waals surface area contributed by atoms with E-state index in [9.17, 15) is 9.59 Å². The van der Waals surface area contributed by atoms with Crippen LogP contribution in [0.5, 0.6) is 0 Å². The van der Waals surface area contributed by atoms with Crippen molar-refractivity contribution in [3.05, 3.63) is 48.0 Å². The molecule has 1 saturated heterocycles. The predicted molar refractivity (Wildman–Crippen MR) is 83.4 cm³/mol. The summed E-state index contributed by atoms with van der Waals surface area (Å²) in [6.07, 6.45) is 3.54. The average Bonchev–Trinajstić information content (AvgIpc) is 3.01. The zero-order chi connectivity index (χ0) is 16.7. The van der Waals surface area contributed by atoms with E-state index >= 15 is 0 Å². The van der Waals surface area contributed by atoms with Crippen molar-refractivity contribution in [1.29, 1.82) is 0 Å². The lowest BCUT2D eigenvalue weighted by Gasteiger charge is -2.27. The minimum absolute atomic E-state index is 0.194. The van der Waals surface area contributed by atoms with Crippen LogP contribution >= 0.6 is 0 Å². The highest BCUT2D eigenvalue weighted by Gasteiger charge is 2.36. The molecule has 1 amide bonds. The zero-order valence-corrected chi connectivity index (χ0v) is 13.3. The number of rotatable bonds is 5. The van der Waals surface area contributed by atoms with Crippen molar-refractivity contribution in [1.82, 2.24) is 4.90 Å². The molecule has 0 bridgehead atoms. The van der Waals surface area contributed by atoms with Crippen molar-refractivity contribution in [3.63, 3.8) is 0 Å². The van der Waals surface area contributed by atoms with Gasteiger partial charge in [0.15, 0.2) is 0 Å². The molecule has 6 heteroatoms. The Hall–Kier alpha value is -2.34. The van der Waals surface area contributed by atoms with E-state index in [4.69, 9.17) is 9.47 Å². The molecular weight excluding hydrogens is 298 g/mol. The third-order valence-electron chi connectivity index (χ3n) is 3.72. The van der Waals surface area contributed by atoms with Crippen molar-refractivity contribution < 1.29 is 23.8 Å². The third kappa shape index (κ3) is 4.56. The summed E-state index contributed by atoms with van der Waals surface area (Å²) >= 11 is 0. The summed E-state index contributed by atoms with van der Waals surface area (Å²) in [5.74, 6) is -0.455. The first-order chi connectivity index (χ1) is 11.2. The van der Waals surface area contributed by atoms with Gasteiger partial charge in [-0.15, -0.1) is 0 Å². The van der Waals surface area contributed by atoms with Crippen molar-refractivity contribution in [2.75, 3.05) is 14.2 Å². The molecule has 1 unspecified atom stereocenters. The first kappa shape index (κ1) is 17.0. The van der Waals surface area contributed by atoms with Crippen LogP contribution < -0.4 is 0 Å². The van der Waals surface area contributed by atoms with Gasteiger partial charge in [-0.1, -0.05) is 36.4 Å². The van der Waals surface area contributed by atoms with Gasteiger partial charge < -0.3 is 14.2 Å². The summed E-state index contributed by atoms with van der Waals surface area (Å²) in [6, 6.07) is 9.21. The fraction of sp³-hybridized carbons (Fsp3) is 0.412. The minimum Gasteiger partial charge on any atom is -0.466 e. The Morgan fingerprint density at radius 1 is 1.22 bits per heavy atom. The molecule has 0 spiro atoms. The number of carbonyl (C=O) groups excluding carboxylic acids is 2. The fourth-order valence-electron chi connectivity index (χ4n) is 2.53. The number of amides is 1. The molecule has 1 aliphatic rings. The second kappa shape index (κ2) is 8.33. The molecule has 0 aliphatic carbocycles. The van der Waals surface area contributed by atoms with Crippen LogP contribution in [0.4, 0.5) is 4.79 Å². The van der Waals surface area contributed by atoms with Gasteiger partial charge in [0.25, 0.3) is 0 Å². The summed E-state index contributed by atoms with van der Waals surface area (Å²) in [7, 11) is 2.86. The first-order valence-electron chi connectivity index (χ1n) is 7.43. The van der Waals surface area contributed by atoms with Crippen LogP contribution in [0.25, 0.3) is 0 Å². The molecule has 0 radical (unpaired) electrons. The molecule has 1 aliphatic heterocycles. The smallest absolute Gasteiger partial charge is 0.412 e. The lowest BCUT2D eigenvalue weighted by Crippen LogP contribution is -2.41. The van der Waals surface area contributed by atoms with Crippen LogP contribution in [0.15, 0.2) is 42.5 Å². The lowest BCUT2D eigenvalue weighted by molar-refractivity contribution is -0.134. The first-order valence-corrected chi connectivity index (χ1v) is 7.43. The number of benzene rings is 1. The van der Waals surface area contributed by atoms with E-state index in [2.05, 4.69) is 4.74 Å². The van der Waals surface area contributed by atoms with Gasteiger partial charge in [0, 0.05) is 13.2 Å². The molecule has 0 N–H and O–H groups in total. The Bertz CT molecular complexity index is 557. The molecule has 1 fully saturated rings.